The summed E-state index contributed by atoms with van der Waals surface area (Å²) < 4.78 is 55.5. The first-order chi connectivity index (χ1) is 10.0. The molecule has 1 aliphatic carbocycles. The molecular formula is C15H17BrF4O. The molecule has 0 aliphatic heterocycles. The first-order valence-corrected chi connectivity index (χ1v) is 8.13. The van der Waals surface area contributed by atoms with Crippen LogP contribution in [0.4, 0.5) is 17.6 Å². The van der Waals surface area contributed by atoms with E-state index in [1.54, 1.807) is 0 Å². The molecule has 0 N–H and O–H groups in total. The number of hydrogen-bond donors (Lipinski definition) is 0. The number of hydrogen-bond acceptors (Lipinski definition) is 1. The van der Waals surface area contributed by atoms with Crippen molar-refractivity contribution in [2.75, 3.05) is 5.33 Å². The second kappa shape index (κ2) is 7.47. The van der Waals surface area contributed by atoms with E-state index in [0.717, 1.165) is 49.6 Å². The summed E-state index contributed by atoms with van der Waals surface area (Å²) in [6.45, 7) is -3.24. The summed E-state index contributed by atoms with van der Waals surface area (Å²) in [4.78, 5) is 0. The van der Waals surface area contributed by atoms with Gasteiger partial charge in [-0.15, -0.1) is 0 Å². The maximum Gasteiger partial charge on any atom is 0.387 e. The monoisotopic (exact) mass is 368 g/mol. The lowest BCUT2D eigenvalue weighted by Gasteiger charge is -2.28. The van der Waals surface area contributed by atoms with Crippen LogP contribution < -0.4 is 4.74 Å². The molecule has 0 aromatic heterocycles. The molecule has 1 saturated carbocycles. The van der Waals surface area contributed by atoms with E-state index in [0.29, 0.717) is 11.5 Å². The normalized spacial score (nSPS) is 22.6. The lowest BCUT2D eigenvalue weighted by atomic mass is 9.78. The molecule has 1 aromatic carbocycles. The van der Waals surface area contributed by atoms with Crippen LogP contribution in [-0.4, -0.2) is 11.9 Å². The Morgan fingerprint density at radius 2 is 1.67 bits per heavy atom. The molecule has 0 amide bonds. The van der Waals surface area contributed by atoms with Crippen molar-refractivity contribution in [3.05, 3.63) is 29.3 Å². The van der Waals surface area contributed by atoms with Crippen molar-refractivity contribution in [3.8, 4) is 5.75 Å². The van der Waals surface area contributed by atoms with Gasteiger partial charge in [0, 0.05) is 5.33 Å². The second-order valence-corrected chi connectivity index (χ2v) is 6.18. The Labute approximate surface area is 129 Å². The highest BCUT2D eigenvalue weighted by atomic mass is 79.9. The van der Waals surface area contributed by atoms with E-state index in [-0.39, 0.29) is 5.92 Å². The van der Waals surface area contributed by atoms with Gasteiger partial charge in [0.1, 0.15) is 0 Å². The summed E-state index contributed by atoms with van der Waals surface area (Å²) in [5.41, 5.74) is 0.531. The topological polar surface area (TPSA) is 9.23 Å². The van der Waals surface area contributed by atoms with E-state index >= 15 is 0 Å². The Morgan fingerprint density at radius 1 is 1.10 bits per heavy atom. The quantitative estimate of drug-likeness (QED) is 0.483. The third-order valence-corrected chi connectivity index (χ3v) is 4.52. The minimum absolute atomic E-state index is 0.0844. The van der Waals surface area contributed by atoms with E-state index in [1.165, 1.54) is 0 Å². The lowest BCUT2D eigenvalue weighted by molar-refractivity contribution is -0.0546. The van der Waals surface area contributed by atoms with Crippen molar-refractivity contribution in [1.82, 2.24) is 0 Å². The van der Waals surface area contributed by atoms with Gasteiger partial charge in [-0.1, -0.05) is 15.9 Å². The molecule has 1 aromatic rings. The fourth-order valence-electron chi connectivity index (χ4n) is 2.96. The van der Waals surface area contributed by atoms with E-state index < -0.39 is 24.0 Å². The number of alkyl halides is 3. The summed E-state index contributed by atoms with van der Waals surface area (Å²) in [5.74, 6) is -2.39. The van der Waals surface area contributed by atoms with E-state index in [1.807, 2.05) is 0 Å². The van der Waals surface area contributed by atoms with Gasteiger partial charge in [0.2, 0.25) is 0 Å². The molecule has 0 bridgehead atoms. The number of rotatable bonds is 5. The zero-order valence-corrected chi connectivity index (χ0v) is 13.0. The van der Waals surface area contributed by atoms with Gasteiger partial charge >= 0.3 is 6.61 Å². The molecule has 1 aliphatic rings. The van der Waals surface area contributed by atoms with Crippen LogP contribution >= 0.6 is 15.9 Å². The van der Waals surface area contributed by atoms with Crippen LogP contribution in [0.1, 0.15) is 43.6 Å². The summed E-state index contributed by atoms with van der Waals surface area (Å²) in [6, 6.07) is 2.24. The Balaban J connectivity index is 2.08. The van der Waals surface area contributed by atoms with Gasteiger partial charge in [-0.05, 0) is 61.6 Å². The van der Waals surface area contributed by atoms with Crippen LogP contribution in [0.2, 0.25) is 0 Å². The molecule has 118 valence electrons. The molecule has 21 heavy (non-hydrogen) atoms. The standard InChI is InChI=1S/C15H17BrF4O/c16-6-5-9-1-3-10(4-2-9)11-7-12(17)14(13(18)8-11)21-15(19)20/h7-10,15H,1-6H2/t9-,10-. The van der Waals surface area contributed by atoms with Gasteiger partial charge < -0.3 is 4.74 Å². The fourth-order valence-corrected chi connectivity index (χ4v) is 3.60. The second-order valence-electron chi connectivity index (χ2n) is 5.39. The highest BCUT2D eigenvalue weighted by Crippen LogP contribution is 2.39. The van der Waals surface area contributed by atoms with Crippen LogP contribution in [0.15, 0.2) is 12.1 Å². The molecule has 0 spiro atoms. The molecule has 1 nitrogen and oxygen atoms in total. The number of benzene rings is 1. The molecule has 0 unspecified atom stereocenters. The van der Waals surface area contributed by atoms with Crippen molar-refractivity contribution in [3.63, 3.8) is 0 Å². The lowest BCUT2D eigenvalue weighted by Crippen LogP contribution is -2.14. The fraction of sp³-hybridized carbons (Fsp3) is 0.600. The Bertz CT molecular complexity index is 450. The zero-order valence-electron chi connectivity index (χ0n) is 11.4. The zero-order chi connectivity index (χ0) is 15.4. The summed E-state index contributed by atoms with van der Waals surface area (Å²) in [7, 11) is 0. The van der Waals surface area contributed by atoms with Gasteiger partial charge in [-0.3, -0.25) is 0 Å². The van der Waals surface area contributed by atoms with Crippen molar-refractivity contribution >= 4 is 15.9 Å². The third kappa shape index (κ3) is 4.34. The van der Waals surface area contributed by atoms with Crippen LogP contribution in [0.3, 0.4) is 0 Å². The third-order valence-electron chi connectivity index (χ3n) is 4.06. The smallest absolute Gasteiger partial charge is 0.387 e. The van der Waals surface area contributed by atoms with Crippen LogP contribution in [-0.2, 0) is 0 Å². The Morgan fingerprint density at radius 3 is 2.14 bits per heavy atom. The molecule has 6 heteroatoms. The molecule has 0 atom stereocenters. The number of ether oxygens (including phenoxy) is 1. The highest BCUT2D eigenvalue weighted by Gasteiger charge is 2.25. The van der Waals surface area contributed by atoms with Gasteiger partial charge in [0.15, 0.2) is 17.4 Å². The average Bonchev–Trinajstić information content (AvgIpc) is 2.43. The molecule has 1 fully saturated rings. The van der Waals surface area contributed by atoms with Crippen LogP contribution in [0.5, 0.6) is 5.75 Å². The van der Waals surface area contributed by atoms with E-state index in [9.17, 15) is 17.6 Å². The van der Waals surface area contributed by atoms with Crippen LogP contribution in [0, 0.1) is 17.6 Å². The molecule has 0 saturated heterocycles. The first-order valence-electron chi connectivity index (χ1n) is 7.01. The molecule has 2 rings (SSSR count). The molecule has 0 radical (unpaired) electrons. The first kappa shape index (κ1) is 16.6. The predicted molar refractivity (Wildman–Crippen MR) is 76.1 cm³/mol. The van der Waals surface area contributed by atoms with Crippen LogP contribution in [0.25, 0.3) is 0 Å². The van der Waals surface area contributed by atoms with Crippen molar-refractivity contribution < 1.29 is 22.3 Å². The SMILES string of the molecule is Fc1cc([C@H]2CC[C@H](CCBr)CC2)cc(F)c1OC(F)F. The van der Waals surface area contributed by atoms with Crippen molar-refractivity contribution in [2.45, 2.75) is 44.6 Å². The predicted octanol–water partition coefficient (Wildman–Crippen LogP) is 5.63. The van der Waals surface area contributed by atoms with Crippen molar-refractivity contribution in [2.24, 2.45) is 5.92 Å². The Kier molecular flexibility index (Phi) is 5.90. The minimum Gasteiger partial charge on any atom is -0.429 e. The summed E-state index contributed by atoms with van der Waals surface area (Å²) in [6.07, 6.45) is 4.89. The minimum atomic E-state index is -3.24. The Hall–Kier alpha value is -0.780. The van der Waals surface area contributed by atoms with E-state index in [4.69, 9.17) is 0 Å². The highest BCUT2D eigenvalue weighted by molar-refractivity contribution is 9.09. The van der Waals surface area contributed by atoms with Gasteiger partial charge in [-0.2, -0.15) is 8.78 Å². The summed E-state index contributed by atoms with van der Waals surface area (Å²) in [5, 5.41) is 0.964. The maximum atomic E-state index is 13.7. The van der Waals surface area contributed by atoms with Gasteiger partial charge in [0.05, 0.1) is 0 Å². The largest absolute Gasteiger partial charge is 0.429 e. The van der Waals surface area contributed by atoms with Gasteiger partial charge in [0.25, 0.3) is 0 Å². The molecular weight excluding hydrogens is 352 g/mol. The maximum absolute atomic E-state index is 13.7. The molecule has 0 heterocycles. The number of halogens is 5. The van der Waals surface area contributed by atoms with Crippen molar-refractivity contribution in [1.29, 1.82) is 0 Å². The van der Waals surface area contributed by atoms with Gasteiger partial charge in [-0.25, -0.2) is 8.78 Å². The summed E-state index contributed by atoms with van der Waals surface area (Å²) >= 11 is 3.42. The average molecular weight is 369 g/mol. The van der Waals surface area contributed by atoms with E-state index in [2.05, 4.69) is 20.7 Å².